The van der Waals surface area contributed by atoms with Gasteiger partial charge in [0.05, 0.1) is 30.7 Å². The number of rotatable bonds is 6. The first-order valence-electron chi connectivity index (χ1n) is 8.90. The number of amides is 1. The number of hydrogen-bond acceptors (Lipinski definition) is 6. The summed E-state index contributed by atoms with van der Waals surface area (Å²) in [5.41, 5.74) is 0. The number of aromatic nitrogens is 3. The van der Waals surface area contributed by atoms with Crippen molar-refractivity contribution in [1.29, 1.82) is 0 Å². The van der Waals surface area contributed by atoms with Crippen molar-refractivity contribution in [2.45, 2.75) is 51.1 Å². The quantitative estimate of drug-likeness (QED) is 0.733. The molecule has 0 N–H and O–H groups in total. The molecule has 1 aromatic heterocycles. The van der Waals surface area contributed by atoms with Gasteiger partial charge in [0, 0.05) is 26.5 Å². The van der Waals surface area contributed by atoms with Gasteiger partial charge in [-0.15, -0.1) is 0 Å². The minimum Gasteiger partial charge on any atom is -0.384 e. The van der Waals surface area contributed by atoms with Crippen molar-refractivity contribution in [3.63, 3.8) is 0 Å². The van der Waals surface area contributed by atoms with Crippen LogP contribution in [0.2, 0.25) is 0 Å². The summed E-state index contributed by atoms with van der Waals surface area (Å²) < 4.78 is 30.5. The molecule has 9 heteroatoms. The average molecular weight is 370 g/mol. The van der Waals surface area contributed by atoms with Crippen LogP contribution in [-0.2, 0) is 32.3 Å². The minimum absolute atomic E-state index is 0.0982. The Morgan fingerprint density at radius 1 is 1.28 bits per heavy atom. The largest absolute Gasteiger partial charge is 0.384 e. The molecule has 2 aliphatic heterocycles. The van der Waals surface area contributed by atoms with Crippen LogP contribution in [0, 0.1) is 0 Å². The van der Waals surface area contributed by atoms with Crippen LogP contribution in [-0.4, -0.2) is 65.8 Å². The molecule has 0 bridgehead atoms. The van der Waals surface area contributed by atoms with E-state index in [2.05, 4.69) is 10.1 Å². The van der Waals surface area contributed by atoms with Gasteiger partial charge in [-0.2, -0.15) is 5.10 Å². The van der Waals surface area contributed by atoms with Gasteiger partial charge in [0.2, 0.25) is 5.91 Å². The van der Waals surface area contributed by atoms with Crippen molar-refractivity contribution in [2.24, 2.45) is 0 Å². The molecule has 1 atom stereocenters. The van der Waals surface area contributed by atoms with Crippen LogP contribution in [0.4, 0.5) is 0 Å². The molecule has 1 amide bonds. The second kappa shape index (κ2) is 7.82. The zero-order valence-corrected chi connectivity index (χ0v) is 15.5. The molecule has 3 heterocycles. The third-order valence-corrected chi connectivity index (χ3v) is 6.58. The molecule has 0 saturated carbocycles. The highest BCUT2D eigenvalue weighted by Gasteiger charge is 2.32. The molecular formula is C16H26N4O4S. The first kappa shape index (κ1) is 18.3. The molecular weight excluding hydrogens is 344 g/mol. The SMILES string of the molecule is COCCc1nc(CN2CCCCCC2=O)n([C@H]2CCS(=O)(=O)C2)n1. The number of likely N-dealkylation sites (tertiary alicyclic amines) is 1. The molecule has 2 fully saturated rings. The van der Waals surface area contributed by atoms with Gasteiger partial charge >= 0.3 is 0 Å². The maximum atomic E-state index is 12.3. The molecule has 8 nitrogen and oxygen atoms in total. The topological polar surface area (TPSA) is 94.4 Å². The molecule has 2 saturated heterocycles. The zero-order chi connectivity index (χ0) is 17.9. The van der Waals surface area contributed by atoms with E-state index in [4.69, 9.17) is 4.74 Å². The predicted octanol–water partition coefficient (Wildman–Crippen LogP) is 0.729. The minimum atomic E-state index is -3.01. The molecule has 3 rings (SSSR count). The first-order chi connectivity index (χ1) is 12.0. The molecule has 25 heavy (non-hydrogen) atoms. The smallest absolute Gasteiger partial charge is 0.222 e. The summed E-state index contributed by atoms with van der Waals surface area (Å²) >= 11 is 0. The lowest BCUT2D eigenvalue weighted by atomic mass is 10.2. The average Bonchev–Trinajstić information content (AvgIpc) is 3.07. The normalized spacial score (nSPS) is 23.8. The number of sulfone groups is 1. The summed E-state index contributed by atoms with van der Waals surface area (Å²) in [7, 11) is -1.39. The fourth-order valence-corrected chi connectivity index (χ4v) is 5.14. The molecule has 0 unspecified atom stereocenters. The molecule has 0 aliphatic carbocycles. The van der Waals surface area contributed by atoms with Gasteiger partial charge < -0.3 is 9.64 Å². The second-order valence-corrected chi connectivity index (χ2v) is 9.04. The summed E-state index contributed by atoms with van der Waals surface area (Å²) in [5.74, 6) is 1.75. The van der Waals surface area contributed by atoms with E-state index in [9.17, 15) is 13.2 Å². The first-order valence-corrected chi connectivity index (χ1v) is 10.7. The van der Waals surface area contributed by atoms with Crippen molar-refractivity contribution in [1.82, 2.24) is 19.7 Å². The number of nitrogens with zero attached hydrogens (tertiary/aromatic N) is 4. The molecule has 140 valence electrons. The highest BCUT2D eigenvalue weighted by Crippen LogP contribution is 2.25. The van der Waals surface area contributed by atoms with Crippen LogP contribution in [0.15, 0.2) is 0 Å². The van der Waals surface area contributed by atoms with Gasteiger partial charge in [-0.25, -0.2) is 18.1 Å². The van der Waals surface area contributed by atoms with Crippen molar-refractivity contribution in [3.05, 3.63) is 11.6 Å². The number of carbonyl (C=O) groups is 1. The Hall–Kier alpha value is -1.48. The highest BCUT2D eigenvalue weighted by atomic mass is 32.2. The standard InChI is InChI=1S/C16H26N4O4S/c1-24-9-6-14-17-15(11-19-8-4-2-3-5-16(19)21)20(18-14)13-7-10-25(22,23)12-13/h13H,2-12H2,1H3/t13-/m0/s1. The van der Waals surface area contributed by atoms with E-state index in [1.165, 1.54) is 0 Å². The summed E-state index contributed by atoms with van der Waals surface area (Å²) in [5, 5.41) is 4.53. The van der Waals surface area contributed by atoms with Gasteiger partial charge in [0.15, 0.2) is 15.7 Å². The molecule has 2 aliphatic rings. The van der Waals surface area contributed by atoms with Crippen LogP contribution in [0.3, 0.4) is 0 Å². The highest BCUT2D eigenvalue weighted by molar-refractivity contribution is 7.91. The predicted molar refractivity (Wildman–Crippen MR) is 91.8 cm³/mol. The monoisotopic (exact) mass is 370 g/mol. The number of methoxy groups -OCH3 is 1. The Balaban J connectivity index is 1.82. The second-order valence-electron chi connectivity index (χ2n) is 6.81. The van der Waals surface area contributed by atoms with E-state index < -0.39 is 9.84 Å². The van der Waals surface area contributed by atoms with Crippen molar-refractivity contribution >= 4 is 15.7 Å². The van der Waals surface area contributed by atoms with Gasteiger partial charge in [0.25, 0.3) is 0 Å². The summed E-state index contributed by atoms with van der Waals surface area (Å²) in [4.78, 5) is 18.7. The van der Waals surface area contributed by atoms with Crippen LogP contribution < -0.4 is 0 Å². The lowest BCUT2D eigenvalue weighted by Gasteiger charge is -2.21. The van der Waals surface area contributed by atoms with Crippen LogP contribution in [0.1, 0.15) is 49.8 Å². The van der Waals surface area contributed by atoms with E-state index in [1.54, 1.807) is 11.8 Å². The summed E-state index contributed by atoms with van der Waals surface area (Å²) in [6.07, 6.45) is 4.69. The van der Waals surface area contributed by atoms with E-state index in [0.717, 1.165) is 25.8 Å². The van der Waals surface area contributed by atoms with Crippen molar-refractivity contribution in [3.8, 4) is 0 Å². The van der Waals surface area contributed by atoms with E-state index in [-0.39, 0.29) is 23.5 Å². The van der Waals surface area contributed by atoms with Crippen molar-refractivity contribution in [2.75, 3.05) is 31.8 Å². The molecule has 0 radical (unpaired) electrons. The summed E-state index contributed by atoms with van der Waals surface area (Å²) in [6.45, 7) is 1.63. The number of hydrogen-bond donors (Lipinski definition) is 0. The third kappa shape index (κ3) is 4.58. The molecule has 1 aromatic rings. The van der Waals surface area contributed by atoms with Gasteiger partial charge in [0.1, 0.15) is 5.82 Å². The van der Waals surface area contributed by atoms with E-state index in [1.807, 2.05) is 4.90 Å². The fraction of sp³-hybridized carbons (Fsp3) is 0.812. The Kier molecular flexibility index (Phi) is 5.73. The van der Waals surface area contributed by atoms with Crippen molar-refractivity contribution < 1.29 is 17.9 Å². The maximum Gasteiger partial charge on any atom is 0.222 e. The Bertz CT molecular complexity index is 716. The molecule has 0 aromatic carbocycles. The van der Waals surface area contributed by atoms with E-state index in [0.29, 0.717) is 44.1 Å². The number of ether oxygens (including phenoxy) is 1. The van der Waals surface area contributed by atoms with Gasteiger partial charge in [-0.3, -0.25) is 4.79 Å². The van der Waals surface area contributed by atoms with Crippen LogP contribution in [0.5, 0.6) is 0 Å². The lowest BCUT2D eigenvalue weighted by molar-refractivity contribution is -0.131. The van der Waals surface area contributed by atoms with Gasteiger partial charge in [-0.1, -0.05) is 6.42 Å². The molecule has 0 spiro atoms. The van der Waals surface area contributed by atoms with Gasteiger partial charge in [-0.05, 0) is 19.3 Å². The Morgan fingerprint density at radius 2 is 2.12 bits per heavy atom. The lowest BCUT2D eigenvalue weighted by Crippen LogP contribution is -2.31. The van der Waals surface area contributed by atoms with E-state index >= 15 is 0 Å². The Labute approximate surface area is 148 Å². The third-order valence-electron chi connectivity index (χ3n) is 4.83. The Morgan fingerprint density at radius 3 is 2.84 bits per heavy atom. The van der Waals surface area contributed by atoms with Crippen LogP contribution in [0.25, 0.3) is 0 Å². The maximum absolute atomic E-state index is 12.3. The summed E-state index contributed by atoms with van der Waals surface area (Å²) in [6, 6.07) is -0.189. The van der Waals surface area contributed by atoms with Crippen LogP contribution >= 0.6 is 0 Å². The number of carbonyl (C=O) groups excluding carboxylic acids is 1. The zero-order valence-electron chi connectivity index (χ0n) is 14.7. The fourth-order valence-electron chi connectivity index (χ4n) is 3.45.